The van der Waals surface area contributed by atoms with E-state index in [1.54, 1.807) is 0 Å². The van der Waals surface area contributed by atoms with Gasteiger partial charge in [0.15, 0.2) is 0 Å². The van der Waals surface area contributed by atoms with Crippen LogP contribution in [-0.4, -0.2) is 22.5 Å². The number of carbonyl (C=O) groups excluding carboxylic acids is 1. The molecule has 6 heteroatoms. The summed E-state index contributed by atoms with van der Waals surface area (Å²) in [6.45, 7) is 0. The van der Waals surface area contributed by atoms with Gasteiger partial charge in [0, 0.05) is 5.69 Å². The van der Waals surface area contributed by atoms with Crippen LogP contribution in [0.15, 0.2) is 18.2 Å². The third kappa shape index (κ3) is 2.32. The summed E-state index contributed by atoms with van der Waals surface area (Å²) >= 11 is 5.81. The third-order valence-electron chi connectivity index (χ3n) is 3.16. The lowest BCUT2D eigenvalue weighted by Gasteiger charge is -2.36. The zero-order valence-corrected chi connectivity index (χ0v) is 10.3. The number of anilines is 1. The smallest absolute Gasteiger partial charge is 0.337 e. The van der Waals surface area contributed by atoms with Crippen LogP contribution in [-0.2, 0) is 4.79 Å². The highest BCUT2D eigenvalue weighted by Gasteiger charge is 2.40. The van der Waals surface area contributed by atoms with Gasteiger partial charge in [0.05, 0.1) is 16.1 Å². The Balaban J connectivity index is 2.13. The molecule has 0 bridgehead atoms. The number of hydrogen-bond donors (Lipinski definition) is 3. The minimum atomic E-state index is -1.10. The SMILES string of the molecule is NC1(C(=O)Nc2ccc(C(=O)O)c(Cl)c2)CCC1. The maximum absolute atomic E-state index is 11.9. The molecule has 1 amide bonds. The number of amides is 1. The van der Waals surface area contributed by atoms with E-state index in [1.807, 2.05) is 0 Å². The first-order valence-corrected chi connectivity index (χ1v) is 5.93. The minimum Gasteiger partial charge on any atom is -0.478 e. The van der Waals surface area contributed by atoms with Crippen LogP contribution in [0.3, 0.4) is 0 Å². The molecule has 1 fully saturated rings. The van der Waals surface area contributed by atoms with Crippen LogP contribution in [0.5, 0.6) is 0 Å². The summed E-state index contributed by atoms with van der Waals surface area (Å²) in [5.41, 5.74) is 5.53. The van der Waals surface area contributed by atoms with E-state index in [1.165, 1.54) is 18.2 Å². The fourth-order valence-electron chi connectivity index (χ4n) is 1.81. The molecule has 1 aromatic rings. The summed E-state index contributed by atoms with van der Waals surface area (Å²) in [6, 6.07) is 4.25. The lowest BCUT2D eigenvalue weighted by Crippen LogP contribution is -2.56. The van der Waals surface area contributed by atoms with Crippen LogP contribution in [0.25, 0.3) is 0 Å². The van der Waals surface area contributed by atoms with Crippen LogP contribution in [0.4, 0.5) is 5.69 Å². The fraction of sp³-hybridized carbons (Fsp3) is 0.333. The van der Waals surface area contributed by atoms with E-state index in [4.69, 9.17) is 22.4 Å². The molecule has 1 saturated carbocycles. The molecule has 0 spiro atoms. The molecule has 4 N–H and O–H groups in total. The van der Waals surface area contributed by atoms with Crippen LogP contribution in [0.2, 0.25) is 5.02 Å². The van der Waals surface area contributed by atoms with Crippen molar-refractivity contribution in [3.63, 3.8) is 0 Å². The van der Waals surface area contributed by atoms with Gasteiger partial charge >= 0.3 is 5.97 Å². The van der Waals surface area contributed by atoms with Crippen molar-refractivity contribution in [1.29, 1.82) is 0 Å². The zero-order chi connectivity index (χ0) is 13.3. The fourth-order valence-corrected chi connectivity index (χ4v) is 2.07. The van der Waals surface area contributed by atoms with E-state index >= 15 is 0 Å². The summed E-state index contributed by atoms with van der Waals surface area (Å²) in [7, 11) is 0. The molecular weight excluding hydrogens is 256 g/mol. The lowest BCUT2D eigenvalue weighted by molar-refractivity contribution is -0.123. The van der Waals surface area contributed by atoms with Gasteiger partial charge in [0.25, 0.3) is 0 Å². The predicted octanol–water partition coefficient (Wildman–Crippen LogP) is 1.86. The van der Waals surface area contributed by atoms with Crippen molar-refractivity contribution in [2.45, 2.75) is 24.8 Å². The number of rotatable bonds is 3. The van der Waals surface area contributed by atoms with Gasteiger partial charge in [-0.1, -0.05) is 11.6 Å². The molecule has 0 aliphatic heterocycles. The van der Waals surface area contributed by atoms with Crippen molar-refractivity contribution < 1.29 is 14.7 Å². The van der Waals surface area contributed by atoms with Gasteiger partial charge < -0.3 is 16.2 Å². The molecule has 0 radical (unpaired) electrons. The standard InChI is InChI=1S/C12H13ClN2O3/c13-9-6-7(2-3-8(9)10(16)17)15-11(18)12(14)4-1-5-12/h2-3,6H,1,4-5,14H2,(H,15,18)(H,16,17). The number of nitrogens with one attached hydrogen (secondary N) is 1. The Morgan fingerprint density at radius 1 is 1.39 bits per heavy atom. The average molecular weight is 269 g/mol. The van der Waals surface area contributed by atoms with Crippen LogP contribution in [0, 0.1) is 0 Å². The number of benzene rings is 1. The average Bonchev–Trinajstić information content (AvgIpc) is 2.25. The van der Waals surface area contributed by atoms with Gasteiger partial charge in [-0.15, -0.1) is 0 Å². The number of aromatic carboxylic acids is 1. The van der Waals surface area contributed by atoms with E-state index in [0.717, 1.165) is 6.42 Å². The van der Waals surface area contributed by atoms with Crippen molar-refractivity contribution in [3.8, 4) is 0 Å². The molecule has 1 aliphatic rings. The Morgan fingerprint density at radius 3 is 2.50 bits per heavy atom. The Kier molecular flexibility index (Phi) is 3.28. The van der Waals surface area contributed by atoms with E-state index in [2.05, 4.69) is 5.32 Å². The molecule has 0 unspecified atom stereocenters. The molecule has 0 atom stereocenters. The number of hydrogen-bond acceptors (Lipinski definition) is 3. The number of carboxylic acids is 1. The largest absolute Gasteiger partial charge is 0.478 e. The molecule has 18 heavy (non-hydrogen) atoms. The Morgan fingerprint density at radius 2 is 2.06 bits per heavy atom. The molecule has 0 aromatic heterocycles. The number of nitrogens with two attached hydrogens (primary N) is 1. The van der Waals surface area contributed by atoms with Crippen molar-refractivity contribution >= 4 is 29.2 Å². The molecule has 0 saturated heterocycles. The summed E-state index contributed by atoms with van der Waals surface area (Å²) in [4.78, 5) is 22.6. The highest BCUT2D eigenvalue weighted by atomic mass is 35.5. The van der Waals surface area contributed by atoms with Gasteiger partial charge in [0.2, 0.25) is 5.91 Å². The van der Waals surface area contributed by atoms with Gasteiger partial charge in [-0.3, -0.25) is 4.79 Å². The lowest BCUT2D eigenvalue weighted by atomic mass is 9.77. The summed E-state index contributed by atoms with van der Waals surface area (Å²) < 4.78 is 0. The monoisotopic (exact) mass is 268 g/mol. The Labute approximate surface area is 109 Å². The van der Waals surface area contributed by atoms with Crippen molar-refractivity contribution in [2.75, 3.05) is 5.32 Å². The van der Waals surface area contributed by atoms with E-state index in [-0.39, 0.29) is 16.5 Å². The molecule has 1 aromatic carbocycles. The first kappa shape index (κ1) is 12.9. The quantitative estimate of drug-likeness (QED) is 0.780. The number of halogens is 1. The summed E-state index contributed by atoms with van der Waals surface area (Å²) in [5, 5.41) is 11.6. The molecule has 96 valence electrons. The van der Waals surface area contributed by atoms with Crippen molar-refractivity contribution in [2.24, 2.45) is 5.73 Å². The second-order valence-electron chi connectivity index (χ2n) is 4.46. The van der Waals surface area contributed by atoms with Crippen LogP contribution >= 0.6 is 11.6 Å². The first-order valence-electron chi connectivity index (χ1n) is 5.55. The van der Waals surface area contributed by atoms with Crippen LogP contribution in [0.1, 0.15) is 29.6 Å². The second-order valence-corrected chi connectivity index (χ2v) is 4.87. The number of carbonyl (C=O) groups is 2. The van der Waals surface area contributed by atoms with E-state index in [0.29, 0.717) is 18.5 Å². The predicted molar refractivity (Wildman–Crippen MR) is 67.8 cm³/mol. The molecule has 2 rings (SSSR count). The highest BCUT2D eigenvalue weighted by molar-refractivity contribution is 6.33. The van der Waals surface area contributed by atoms with Gasteiger partial charge in [-0.25, -0.2) is 4.79 Å². The summed E-state index contributed by atoms with van der Waals surface area (Å²) in [6.07, 6.45) is 2.28. The number of carboxylic acid groups (broad SMARTS) is 1. The zero-order valence-electron chi connectivity index (χ0n) is 9.57. The van der Waals surface area contributed by atoms with Crippen molar-refractivity contribution in [1.82, 2.24) is 0 Å². The highest BCUT2D eigenvalue weighted by Crippen LogP contribution is 2.30. The van der Waals surface area contributed by atoms with Crippen LogP contribution < -0.4 is 11.1 Å². The van der Waals surface area contributed by atoms with Gasteiger partial charge in [0.1, 0.15) is 0 Å². The maximum Gasteiger partial charge on any atom is 0.337 e. The Hall–Kier alpha value is -1.59. The molecule has 5 nitrogen and oxygen atoms in total. The topological polar surface area (TPSA) is 92.4 Å². The summed E-state index contributed by atoms with van der Waals surface area (Å²) in [5.74, 6) is -1.36. The molecule has 0 heterocycles. The first-order chi connectivity index (χ1) is 8.42. The normalized spacial score (nSPS) is 16.8. The third-order valence-corrected chi connectivity index (χ3v) is 3.47. The minimum absolute atomic E-state index is 0.000714. The second kappa shape index (κ2) is 4.59. The maximum atomic E-state index is 11.9. The Bertz CT molecular complexity index is 512. The molecular formula is C12H13ClN2O3. The van der Waals surface area contributed by atoms with Gasteiger partial charge in [-0.05, 0) is 37.5 Å². The van der Waals surface area contributed by atoms with Gasteiger partial charge in [-0.2, -0.15) is 0 Å². The van der Waals surface area contributed by atoms with Crippen molar-refractivity contribution in [3.05, 3.63) is 28.8 Å². The van der Waals surface area contributed by atoms with E-state index < -0.39 is 11.5 Å². The molecule has 1 aliphatic carbocycles. The van der Waals surface area contributed by atoms with E-state index in [9.17, 15) is 9.59 Å².